The second-order valence-electron chi connectivity index (χ2n) is 5.55. The van der Waals surface area contributed by atoms with Gasteiger partial charge in [-0.15, -0.1) is 10.2 Å². The quantitative estimate of drug-likeness (QED) is 0.533. The first-order valence-electron chi connectivity index (χ1n) is 7.84. The van der Waals surface area contributed by atoms with Crippen LogP contribution < -0.4 is 5.32 Å². The van der Waals surface area contributed by atoms with Crippen molar-refractivity contribution in [3.63, 3.8) is 0 Å². The fourth-order valence-corrected chi connectivity index (χ4v) is 2.61. The highest BCUT2D eigenvalue weighted by Crippen LogP contribution is 2.26. The number of nitrogens with one attached hydrogen (secondary N) is 1. The van der Waals surface area contributed by atoms with E-state index in [1.807, 2.05) is 0 Å². The maximum atomic E-state index is 13.8. The minimum absolute atomic E-state index is 0.147. The van der Waals surface area contributed by atoms with E-state index in [2.05, 4.69) is 15.5 Å². The summed E-state index contributed by atoms with van der Waals surface area (Å²) in [5.41, 5.74) is 0.880. The molecule has 0 radical (unpaired) electrons. The van der Waals surface area contributed by atoms with E-state index in [0.29, 0.717) is 17.0 Å². The third-order valence-corrected chi connectivity index (χ3v) is 3.93. The second kappa shape index (κ2) is 7.05. The van der Waals surface area contributed by atoms with Gasteiger partial charge in [0.25, 0.3) is 11.8 Å². The molecule has 1 N–H and O–H groups in total. The van der Waals surface area contributed by atoms with Crippen molar-refractivity contribution in [2.75, 3.05) is 5.32 Å². The topological polar surface area (TPSA) is 81.2 Å². The molecule has 0 saturated carbocycles. The molecule has 1 amide bonds. The molecule has 0 unspecified atom stereocenters. The lowest BCUT2D eigenvalue weighted by Crippen LogP contribution is -2.13. The lowest BCUT2D eigenvalue weighted by atomic mass is 10.1. The smallest absolute Gasteiger partial charge is 0.283 e. The van der Waals surface area contributed by atoms with Gasteiger partial charge in [0.2, 0.25) is 5.89 Å². The first kappa shape index (κ1) is 17.0. The van der Waals surface area contributed by atoms with E-state index in [1.54, 1.807) is 36.4 Å². The number of furan rings is 1. The zero-order chi connectivity index (χ0) is 18.8. The maximum absolute atomic E-state index is 13.8. The molecule has 0 atom stereocenters. The summed E-state index contributed by atoms with van der Waals surface area (Å²) in [6.07, 6.45) is 1.50. The van der Waals surface area contributed by atoms with Crippen LogP contribution >= 0.6 is 11.6 Å². The van der Waals surface area contributed by atoms with E-state index in [9.17, 15) is 9.18 Å². The Morgan fingerprint density at radius 3 is 2.70 bits per heavy atom. The minimum Gasteiger partial charge on any atom is -0.459 e. The first-order chi connectivity index (χ1) is 13.1. The molecule has 2 heterocycles. The molecule has 4 rings (SSSR count). The number of hydrogen-bond donors (Lipinski definition) is 1. The number of aromatic nitrogens is 2. The zero-order valence-electron chi connectivity index (χ0n) is 13.6. The van der Waals surface area contributed by atoms with Crippen molar-refractivity contribution in [3.05, 3.63) is 77.3 Å². The minimum atomic E-state index is -0.659. The predicted molar refractivity (Wildman–Crippen MR) is 96.8 cm³/mol. The molecule has 0 bridgehead atoms. The van der Waals surface area contributed by atoms with Crippen molar-refractivity contribution in [1.29, 1.82) is 0 Å². The van der Waals surface area contributed by atoms with Gasteiger partial charge in [-0.2, -0.15) is 0 Å². The Bertz CT molecular complexity index is 1110. The molecule has 0 fully saturated rings. The van der Waals surface area contributed by atoms with Crippen LogP contribution in [0.2, 0.25) is 5.02 Å². The zero-order valence-corrected chi connectivity index (χ0v) is 14.4. The van der Waals surface area contributed by atoms with Gasteiger partial charge in [0.05, 0.1) is 11.8 Å². The average Bonchev–Trinajstić information content (AvgIpc) is 3.35. The molecule has 0 spiro atoms. The van der Waals surface area contributed by atoms with Crippen molar-refractivity contribution in [1.82, 2.24) is 10.2 Å². The van der Waals surface area contributed by atoms with Crippen LogP contribution in [0.25, 0.3) is 23.1 Å². The van der Waals surface area contributed by atoms with Gasteiger partial charge in [-0.25, -0.2) is 4.39 Å². The average molecular weight is 384 g/mol. The standard InChI is InChI=1S/C19H11ClFN3O3/c20-12-6-7-15(21)14(10-12)17(25)22-13-4-1-3-11(9-13)18-23-24-19(27-18)16-5-2-8-26-16/h1-10H,(H,22,25). The van der Waals surface area contributed by atoms with Crippen molar-refractivity contribution in [3.8, 4) is 23.1 Å². The van der Waals surface area contributed by atoms with E-state index in [1.165, 1.54) is 18.4 Å². The molecule has 4 aromatic rings. The molecule has 134 valence electrons. The van der Waals surface area contributed by atoms with Gasteiger partial charge in [-0.05, 0) is 48.5 Å². The summed E-state index contributed by atoms with van der Waals surface area (Å²) >= 11 is 5.83. The van der Waals surface area contributed by atoms with E-state index < -0.39 is 11.7 Å². The monoisotopic (exact) mass is 383 g/mol. The Labute approximate surface area is 157 Å². The summed E-state index contributed by atoms with van der Waals surface area (Å²) in [6, 6.07) is 13.9. The molecule has 2 aromatic carbocycles. The van der Waals surface area contributed by atoms with Crippen molar-refractivity contribution in [2.24, 2.45) is 0 Å². The number of amides is 1. The lowest BCUT2D eigenvalue weighted by Gasteiger charge is -2.07. The molecule has 6 nitrogen and oxygen atoms in total. The largest absolute Gasteiger partial charge is 0.459 e. The first-order valence-corrected chi connectivity index (χ1v) is 8.22. The van der Waals surface area contributed by atoms with Gasteiger partial charge < -0.3 is 14.2 Å². The molecule has 0 saturated heterocycles. The highest BCUT2D eigenvalue weighted by Gasteiger charge is 2.15. The van der Waals surface area contributed by atoms with Gasteiger partial charge >= 0.3 is 0 Å². The van der Waals surface area contributed by atoms with E-state index in [4.69, 9.17) is 20.4 Å². The highest BCUT2D eigenvalue weighted by atomic mass is 35.5. The Kier molecular flexibility index (Phi) is 4.43. The van der Waals surface area contributed by atoms with Crippen LogP contribution in [0.5, 0.6) is 0 Å². The summed E-state index contributed by atoms with van der Waals surface area (Å²) in [4.78, 5) is 12.3. The summed E-state index contributed by atoms with van der Waals surface area (Å²) in [5, 5.41) is 10.8. The number of carbonyl (C=O) groups is 1. The fourth-order valence-electron chi connectivity index (χ4n) is 2.44. The summed E-state index contributed by atoms with van der Waals surface area (Å²) < 4.78 is 24.6. The fraction of sp³-hybridized carbons (Fsp3) is 0. The van der Waals surface area contributed by atoms with Crippen molar-refractivity contribution in [2.45, 2.75) is 0 Å². The number of benzene rings is 2. The van der Waals surface area contributed by atoms with Crippen LogP contribution in [0.15, 0.2) is 69.7 Å². The van der Waals surface area contributed by atoms with Gasteiger partial charge in [0.1, 0.15) is 5.82 Å². The van der Waals surface area contributed by atoms with Crippen LogP contribution in [0.1, 0.15) is 10.4 Å². The summed E-state index contributed by atoms with van der Waals surface area (Å²) in [7, 11) is 0. The van der Waals surface area contributed by atoms with E-state index >= 15 is 0 Å². The number of carbonyl (C=O) groups excluding carboxylic acids is 1. The highest BCUT2D eigenvalue weighted by molar-refractivity contribution is 6.31. The SMILES string of the molecule is O=C(Nc1cccc(-c2nnc(-c3ccco3)o2)c1)c1cc(Cl)ccc1F. The summed E-state index contributed by atoms with van der Waals surface area (Å²) in [6.45, 7) is 0. The van der Waals surface area contributed by atoms with E-state index in [-0.39, 0.29) is 22.4 Å². The number of anilines is 1. The van der Waals surface area contributed by atoms with Crippen LogP contribution in [0.4, 0.5) is 10.1 Å². The lowest BCUT2D eigenvalue weighted by molar-refractivity contribution is 0.102. The molecule has 8 heteroatoms. The van der Waals surface area contributed by atoms with Gasteiger partial charge in [0, 0.05) is 16.3 Å². The van der Waals surface area contributed by atoms with Gasteiger partial charge in [-0.1, -0.05) is 17.7 Å². The third kappa shape index (κ3) is 3.58. The molecule has 0 aliphatic carbocycles. The maximum Gasteiger partial charge on any atom is 0.283 e. The molecular formula is C19H11ClFN3O3. The Morgan fingerprint density at radius 1 is 1.04 bits per heavy atom. The van der Waals surface area contributed by atoms with Gasteiger partial charge in [0.15, 0.2) is 5.76 Å². The van der Waals surface area contributed by atoms with Gasteiger partial charge in [-0.3, -0.25) is 4.79 Å². The number of hydrogen-bond acceptors (Lipinski definition) is 5. The second-order valence-corrected chi connectivity index (χ2v) is 5.99. The number of rotatable bonds is 4. The number of halogens is 2. The van der Waals surface area contributed by atoms with Crippen molar-refractivity contribution < 1.29 is 18.0 Å². The summed E-state index contributed by atoms with van der Waals surface area (Å²) in [5.74, 6) is -0.325. The molecule has 0 aliphatic rings. The van der Waals surface area contributed by atoms with Crippen LogP contribution in [0.3, 0.4) is 0 Å². The Morgan fingerprint density at radius 2 is 1.89 bits per heavy atom. The molecule has 2 aromatic heterocycles. The Balaban J connectivity index is 1.58. The predicted octanol–water partition coefficient (Wildman–Crippen LogP) is 5.04. The van der Waals surface area contributed by atoms with Crippen LogP contribution in [-0.4, -0.2) is 16.1 Å². The normalized spacial score (nSPS) is 10.7. The number of nitrogens with zero attached hydrogens (tertiary/aromatic N) is 2. The molecule has 27 heavy (non-hydrogen) atoms. The molecule has 0 aliphatic heterocycles. The van der Waals surface area contributed by atoms with Crippen molar-refractivity contribution >= 4 is 23.2 Å². The van der Waals surface area contributed by atoms with E-state index in [0.717, 1.165) is 6.07 Å². The Hall–Kier alpha value is -3.45. The van der Waals surface area contributed by atoms with Crippen LogP contribution in [0, 0.1) is 5.82 Å². The third-order valence-electron chi connectivity index (χ3n) is 3.70. The molecular weight excluding hydrogens is 373 g/mol. The van der Waals surface area contributed by atoms with Crippen LogP contribution in [-0.2, 0) is 0 Å².